The Hall–Kier alpha value is -0.660. The summed E-state index contributed by atoms with van der Waals surface area (Å²) in [6.45, 7) is 2.12. The van der Waals surface area contributed by atoms with Gasteiger partial charge in [0.1, 0.15) is 15.1 Å². The van der Waals surface area contributed by atoms with E-state index in [2.05, 4.69) is 25.6 Å². The van der Waals surface area contributed by atoms with Crippen LogP contribution in [0.25, 0.3) is 0 Å². The minimum atomic E-state index is -3.51. The maximum Gasteiger partial charge on any atom is 0.246 e. The molecular weight excluding hydrogens is 308 g/mol. The van der Waals surface area contributed by atoms with Crippen LogP contribution in [0.4, 0.5) is 0 Å². The van der Waals surface area contributed by atoms with Gasteiger partial charge in [-0.1, -0.05) is 0 Å². The van der Waals surface area contributed by atoms with Crippen LogP contribution >= 0.6 is 15.9 Å². The van der Waals surface area contributed by atoms with E-state index in [1.165, 1.54) is 0 Å². The Labute approximate surface area is 108 Å². The molecule has 1 aliphatic carbocycles. The van der Waals surface area contributed by atoms with Crippen molar-refractivity contribution in [1.29, 1.82) is 0 Å². The standard InChI is InChI=1S/C10H11BrN2O3S/c1-6-4-7-9(13-8(6)11)16-10(2-3-10)5-12-17(7,14)15/h4,12H,2-3,5H2,1H3. The van der Waals surface area contributed by atoms with E-state index in [-0.39, 0.29) is 16.4 Å². The van der Waals surface area contributed by atoms with Crippen LogP contribution in [-0.2, 0) is 10.0 Å². The topological polar surface area (TPSA) is 68.3 Å². The second-order valence-corrected chi connectivity index (χ2v) is 7.00. The van der Waals surface area contributed by atoms with Gasteiger partial charge in [0, 0.05) is 0 Å². The zero-order valence-electron chi connectivity index (χ0n) is 9.16. The molecule has 3 rings (SSSR count). The number of halogens is 1. The zero-order valence-corrected chi connectivity index (χ0v) is 11.6. The summed E-state index contributed by atoms with van der Waals surface area (Å²) in [4.78, 5) is 4.31. The highest BCUT2D eigenvalue weighted by Gasteiger charge is 2.49. The molecule has 2 heterocycles. The minimum Gasteiger partial charge on any atom is -0.469 e. The summed E-state index contributed by atoms with van der Waals surface area (Å²) in [5.74, 6) is 0.199. The lowest BCUT2D eigenvalue weighted by atomic mass is 10.3. The van der Waals surface area contributed by atoms with Crippen molar-refractivity contribution in [2.24, 2.45) is 0 Å². The molecule has 0 bridgehead atoms. The predicted molar refractivity (Wildman–Crippen MR) is 64.5 cm³/mol. The number of nitrogens with one attached hydrogen (secondary N) is 1. The Balaban J connectivity index is 2.21. The first-order valence-corrected chi connectivity index (χ1v) is 7.55. The van der Waals surface area contributed by atoms with Crippen molar-refractivity contribution in [2.45, 2.75) is 30.3 Å². The largest absolute Gasteiger partial charge is 0.469 e. The van der Waals surface area contributed by atoms with Gasteiger partial charge in [0.2, 0.25) is 15.9 Å². The fraction of sp³-hybridized carbons (Fsp3) is 0.500. The van der Waals surface area contributed by atoms with E-state index in [4.69, 9.17) is 4.74 Å². The Bertz CT molecular complexity index is 596. The van der Waals surface area contributed by atoms with Crippen molar-refractivity contribution in [3.63, 3.8) is 0 Å². The van der Waals surface area contributed by atoms with Crippen LogP contribution in [0.5, 0.6) is 5.88 Å². The Morgan fingerprint density at radius 3 is 2.88 bits per heavy atom. The van der Waals surface area contributed by atoms with Gasteiger partial charge in [0.15, 0.2) is 0 Å². The molecule has 1 fully saturated rings. The van der Waals surface area contributed by atoms with Crippen molar-refractivity contribution >= 4 is 26.0 Å². The number of hydrogen-bond acceptors (Lipinski definition) is 4. The Kier molecular flexibility index (Phi) is 2.30. The van der Waals surface area contributed by atoms with Crippen LogP contribution in [0.1, 0.15) is 18.4 Å². The SMILES string of the molecule is Cc1cc2c(nc1Br)OC1(CC1)CNS2(=O)=O. The van der Waals surface area contributed by atoms with E-state index in [0.29, 0.717) is 11.1 Å². The normalized spacial score (nSPS) is 23.6. The van der Waals surface area contributed by atoms with Crippen LogP contribution < -0.4 is 9.46 Å². The molecule has 2 aliphatic rings. The summed E-state index contributed by atoms with van der Waals surface area (Å²) < 4.78 is 33.0. The summed E-state index contributed by atoms with van der Waals surface area (Å²) in [7, 11) is -3.51. The third kappa shape index (κ3) is 1.86. The second kappa shape index (κ2) is 3.43. The number of rotatable bonds is 0. The molecule has 7 heteroatoms. The smallest absolute Gasteiger partial charge is 0.246 e. The maximum atomic E-state index is 12.0. The first-order chi connectivity index (χ1) is 7.92. The lowest BCUT2D eigenvalue weighted by molar-refractivity contribution is 0.173. The van der Waals surface area contributed by atoms with Crippen molar-refractivity contribution < 1.29 is 13.2 Å². The average Bonchev–Trinajstić information content (AvgIpc) is 3.01. The number of aromatic nitrogens is 1. The van der Waals surface area contributed by atoms with Crippen molar-refractivity contribution in [3.8, 4) is 5.88 Å². The number of hydrogen-bond donors (Lipinski definition) is 1. The van der Waals surface area contributed by atoms with E-state index < -0.39 is 10.0 Å². The lowest BCUT2D eigenvalue weighted by Gasteiger charge is -2.13. The van der Waals surface area contributed by atoms with Crippen molar-refractivity contribution in [2.75, 3.05) is 6.54 Å². The fourth-order valence-corrected chi connectivity index (χ4v) is 3.31. The molecule has 1 saturated carbocycles. The Morgan fingerprint density at radius 2 is 2.24 bits per heavy atom. The van der Waals surface area contributed by atoms with Crippen molar-refractivity contribution in [3.05, 3.63) is 16.2 Å². The molecular formula is C10H11BrN2O3S. The van der Waals surface area contributed by atoms with Crippen molar-refractivity contribution in [1.82, 2.24) is 9.71 Å². The van der Waals surface area contributed by atoms with Gasteiger partial charge in [-0.05, 0) is 47.3 Å². The van der Waals surface area contributed by atoms with Crippen LogP contribution in [0.3, 0.4) is 0 Å². The molecule has 0 saturated heterocycles. The van der Waals surface area contributed by atoms with Gasteiger partial charge >= 0.3 is 0 Å². The summed E-state index contributed by atoms with van der Waals surface area (Å²) in [5.41, 5.74) is 0.393. The summed E-state index contributed by atoms with van der Waals surface area (Å²) >= 11 is 3.29. The molecule has 1 N–H and O–H groups in total. The summed E-state index contributed by atoms with van der Waals surface area (Å²) in [5, 5.41) is 0. The number of sulfonamides is 1. The molecule has 17 heavy (non-hydrogen) atoms. The molecule has 1 aliphatic heterocycles. The molecule has 0 aromatic carbocycles. The molecule has 1 aromatic rings. The van der Waals surface area contributed by atoms with Gasteiger partial charge in [0.05, 0.1) is 6.54 Å². The van der Waals surface area contributed by atoms with Gasteiger partial charge < -0.3 is 4.74 Å². The van der Waals surface area contributed by atoms with E-state index in [1.54, 1.807) is 13.0 Å². The monoisotopic (exact) mass is 318 g/mol. The van der Waals surface area contributed by atoms with Crippen LogP contribution in [0, 0.1) is 6.92 Å². The van der Waals surface area contributed by atoms with E-state index >= 15 is 0 Å². The second-order valence-electron chi connectivity index (χ2n) is 4.51. The molecule has 0 unspecified atom stereocenters. The minimum absolute atomic E-state index is 0.127. The fourth-order valence-electron chi connectivity index (χ4n) is 1.78. The van der Waals surface area contributed by atoms with E-state index in [9.17, 15) is 8.42 Å². The lowest BCUT2D eigenvalue weighted by Crippen LogP contribution is -2.33. The highest BCUT2D eigenvalue weighted by molar-refractivity contribution is 9.10. The van der Waals surface area contributed by atoms with Gasteiger partial charge in [-0.2, -0.15) is 0 Å². The van der Waals surface area contributed by atoms with Gasteiger partial charge in [-0.3, -0.25) is 0 Å². The molecule has 0 atom stereocenters. The summed E-state index contributed by atoms with van der Waals surface area (Å²) in [6, 6.07) is 1.58. The number of ether oxygens (including phenoxy) is 1. The average molecular weight is 319 g/mol. The van der Waals surface area contributed by atoms with Crippen LogP contribution in [-0.4, -0.2) is 25.5 Å². The van der Waals surface area contributed by atoms with Crippen LogP contribution in [0.15, 0.2) is 15.6 Å². The maximum absolute atomic E-state index is 12.0. The van der Waals surface area contributed by atoms with Gasteiger partial charge in [-0.15, -0.1) is 0 Å². The van der Waals surface area contributed by atoms with Crippen LogP contribution in [0.2, 0.25) is 0 Å². The molecule has 92 valence electrons. The quantitative estimate of drug-likeness (QED) is 0.733. The predicted octanol–water partition coefficient (Wildman–Crippen LogP) is 1.36. The first-order valence-electron chi connectivity index (χ1n) is 5.28. The molecule has 5 nitrogen and oxygen atoms in total. The van der Waals surface area contributed by atoms with Gasteiger partial charge in [0.25, 0.3) is 0 Å². The number of fused-ring (bicyclic) bond motifs is 1. The third-order valence-corrected chi connectivity index (χ3v) is 5.28. The van der Waals surface area contributed by atoms with Gasteiger partial charge in [-0.25, -0.2) is 18.1 Å². The molecule has 1 aromatic heterocycles. The highest BCUT2D eigenvalue weighted by Crippen LogP contribution is 2.43. The Morgan fingerprint density at radius 1 is 1.53 bits per heavy atom. The highest BCUT2D eigenvalue weighted by atomic mass is 79.9. The molecule has 1 spiro atoms. The first kappa shape index (κ1) is 11.4. The third-order valence-electron chi connectivity index (χ3n) is 3.08. The number of pyridine rings is 1. The molecule has 0 radical (unpaired) electrons. The summed E-state index contributed by atoms with van der Waals surface area (Å²) in [6.07, 6.45) is 1.73. The zero-order chi connectivity index (χ0) is 12.3. The molecule has 0 amide bonds. The number of nitrogens with zero attached hydrogens (tertiary/aromatic N) is 1. The van der Waals surface area contributed by atoms with E-state index in [0.717, 1.165) is 18.4 Å². The number of aryl methyl sites for hydroxylation is 1. The van der Waals surface area contributed by atoms with E-state index in [1.807, 2.05) is 0 Å².